The van der Waals surface area contributed by atoms with Crippen LogP contribution in [-0.2, 0) is 17.3 Å². The van der Waals surface area contributed by atoms with E-state index in [4.69, 9.17) is 10.7 Å². The van der Waals surface area contributed by atoms with Crippen molar-refractivity contribution in [3.05, 3.63) is 39.2 Å². The summed E-state index contributed by atoms with van der Waals surface area (Å²) in [7, 11) is 0. The second-order valence-corrected chi connectivity index (χ2v) is 9.02. The van der Waals surface area contributed by atoms with E-state index in [1.165, 1.54) is 0 Å². The van der Waals surface area contributed by atoms with Gasteiger partial charge >= 0.3 is 0 Å². The number of aromatic nitrogens is 4. The van der Waals surface area contributed by atoms with Gasteiger partial charge in [-0.1, -0.05) is 20.8 Å². The van der Waals surface area contributed by atoms with Crippen LogP contribution in [0.25, 0.3) is 0 Å². The van der Waals surface area contributed by atoms with Crippen molar-refractivity contribution >= 4 is 11.8 Å². The van der Waals surface area contributed by atoms with Crippen LogP contribution < -0.4 is 16.2 Å². The molecule has 0 bridgehead atoms. The van der Waals surface area contributed by atoms with Gasteiger partial charge in [0.1, 0.15) is 11.6 Å². The lowest BCUT2D eigenvalue weighted by atomic mass is 9.77. The molecule has 1 saturated heterocycles. The second kappa shape index (κ2) is 6.04. The smallest absolute Gasteiger partial charge is 0.254 e. The van der Waals surface area contributed by atoms with E-state index in [9.17, 15) is 4.79 Å². The molecule has 7 heteroatoms. The van der Waals surface area contributed by atoms with Gasteiger partial charge in [-0.15, -0.1) is 0 Å². The van der Waals surface area contributed by atoms with E-state index in [-0.39, 0.29) is 16.4 Å². The summed E-state index contributed by atoms with van der Waals surface area (Å²) in [6.45, 7) is 9.93. The minimum atomic E-state index is -0.190. The molecule has 7 nitrogen and oxygen atoms in total. The third kappa shape index (κ3) is 3.09. The maximum absolute atomic E-state index is 12.7. The fraction of sp³-hybridized carbons (Fsp3) is 0.600. The number of nitrogens with one attached hydrogen (secondary N) is 1. The second-order valence-electron chi connectivity index (χ2n) is 9.02. The molecule has 0 aromatic carbocycles. The first-order valence-corrected chi connectivity index (χ1v) is 9.68. The monoisotopic (exact) mass is 368 g/mol. The Bertz CT molecular complexity index is 924. The first-order valence-electron chi connectivity index (χ1n) is 9.68. The SMILES string of the molecule is Cc1cc(N2CCCC3(CCc4c3nc(C(C)(C)C)[nH]c4=O)C2)nc(N)n1. The quantitative estimate of drug-likeness (QED) is 0.800. The van der Waals surface area contributed by atoms with Crippen molar-refractivity contribution in [2.24, 2.45) is 0 Å². The number of fused-ring (bicyclic) bond motifs is 2. The van der Waals surface area contributed by atoms with Gasteiger partial charge in [-0.05, 0) is 32.6 Å². The highest BCUT2D eigenvalue weighted by Gasteiger charge is 2.45. The fourth-order valence-corrected chi connectivity index (χ4v) is 4.47. The molecule has 3 N–H and O–H groups in total. The molecule has 1 aliphatic heterocycles. The van der Waals surface area contributed by atoms with Crippen molar-refractivity contribution in [3.8, 4) is 0 Å². The summed E-state index contributed by atoms with van der Waals surface area (Å²) in [6, 6.07) is 1.98. The number of aryl methyl sites for hydroxylation is 1. The van der Waals surface area contributed by atoms with E-state index in [1.54, 1.807) is 0 Å². The van der Waals surface area contributed by atoms with Gasteiger partial charge in [0.15, 0.2) is 0 Å². The molecule has 2 aromatic heterocycles. The summed E-state index contributed by atoms with van der Waals surface area (Å²) >= 11 is 0. The fourth-order valence-electron chi connectivity index (χ4n) is 4.47. The molecule has 2 aromatic rings. The van der Waals surface area contributed by atoms with Gasteiger partial charge in [0, 0.05) is 41.2 Å². The van der Waals surface area contributed by atoms with Crippen LogP contribution in [0, 0.1) is 6.92 Å². The van der Waals surface area contributed by atoms with Crippen LogP contribution in [-0.4, -0.2) is 33.0 Å². The summed E-state index contributed by atoms with van der Waals surface area (Å²) < 4.78 is 0. The number of piperidine rings is 1. The van der Waals surface area contributed by atoms with Crippen LogP contribution in [0.1, 0.15) is 62.8 Å². The van der Waals surface area contributed by atoms with Crippen molar-refractivity contribution in [3.63, 3.8) is 0 Å². The number of H-pyrrole nitrogens is 1. The number of rotatable bonds is 1. The largest absolute Gasteiger partial charge is 0.368 e. The number of aromatic amines is 1. The zero-order chi connectivity index (χ0) is 19.4. The maximum Gasteiger partial charge on any atom is 0.254 e. The van der Waals surface area contributed by atoms with Gasteiger partial charge in [0.05, 0.1) is 5.69 Å². The lowest BCUT2D eigenvalue weighted by Gasteiger charge is -2.41. The average molecular weight is 368 g/mol. The Morgan fingerprint density at radius 3 is 2.70 bits per heavy atom. The lowest BCUT2D eigenvalue weighted by molar-refractivity contribution is 0.331. The van der Waals surface area contributed by atoms with Gasteiger partial charge in [-0.2, -0.15) is 4.98 Å². The van der Waals surface area contributed by atoms with Gasteiger partial charge in [-0.3, -0.25) is 4.79 Å². The third-order valence-corrected chi connectivity index (χ3v) is 5.84. The predicted octanol–water partition coefficient (Wildman–Crippen LogP) is 2.23. The first kappa shape index (κ1) is 17.9. The summed E-state index contributed by atoms with van der Waals surface area (Å²) in [4.78, 5) is 31.6. The molecule has 0 saturated carbocycles. The molecule has 144 valence electrons. The molecule has 1 aliphatic carbocycles. The summed E-state index contributed by atoms with van der Waals surface area (Å²) in [5.41, 5.74) is 8.35. The summed E-state index contributed by atoms with van der Waals surface area (Å²) in [5, 5.41) is 0. The number of hydrogen-bond acceptors (Lipinski definition) is 6. The number of nitrogens with two attached hydrogens (primary N) is 1. The number of nitrogen functional groups attached to an aromatic ring is 1. The summed E-state index contributed by atoms with van der Waals surface area (Å²) in [5.74, 6) is 1.95. The molecule has 1 atom stereocenters. The minimum absolute atomic E-state index is 0.0287. The molecular formula is C20H28N6O. The van der Waals surface area contributed by atoms with E-state index >= 15 is 0 Å². The Morgan fingerprint density at radius 2 is 2.00 bits per heavy atom. The molecule has 4 rings (SSSR count). The minimum Gasteiger partial charge on any atom is -0.368 e. The normalized spacial score (nSPS) is 22.3. The first-order chi connectivity index (χ1) is 12.7. The van der Waals surface area contributed by atoms with E-state index < -0.39 is 0 Å². The number of nitrogens with zero attached hydrogens (tertiary/aromatic N) is 4. The van der Waals surface area contributed by atoms with Crippen LogP contribution in [0.15, 0.2) is 10.9 Å². The van der Waals surface area contributed by atoms with Crippen LogP contribution in [0.4, 0.5) is 11.8 Å². The highest BCUT2D eigenvalue weighted by Crippen LogP contribution is 2.44. The van der Waals surface area contributed by atoms with Gasteiger partial charge in [0.25, 0.3) is 5.56 Å². The van der Waals surface area contributed by atoms with Crippen LogP contribution in [0.2, 0.25) is 0 Å². The van der Waals surface area contributed by atoms with Crippen molar-refractivity contribution in [2.45, 2.75) is 64.2 Å². The van der Waals surface area contributed by atoms with Crippen molar-refractivity contribution in [2.75, 3.05) is 23.7 Å². The van der Waals surface area contributed by atoms with E-state index in [0.717, 1.165) is 67.4 Å². The predicted molar refractivity (Wildman–Crippen MR) is 106 cm³/mol. The highest BCUT2D eigenvalue weighted by molar-refractivity contribution is 5.47. The molecule has 0 radical (unpaired) electrons. The third-order valence-electron chi connectivity index (χ3n) is 5.84. The molecule has 1 spiro atoms. The number of anilines is 2. The molecule has 2 aliphatic rings. The Kier molecular flexibility index (Phi) is 4.01. The van der Waals surface area contributed by atoms with Crippen LogP contribution in [0.5, 0.6) is 0 Å². The van der Waals surface area contributed by atoms with E-state index in [2.05, 4.69) is 40.6 Å². The molecular weight excluding hydrogens is 340 g/mol. The Morgan fingerprint density at radius 1 is 1.22 bits per heavy atom. The Labute approximate surface area is 159 Å². The van der Waals surface area contributed by atoms with Crippen molar-refractivity contribution in [1.82, 2.24) is 19.9 Å². The zero-order valence-corrected chi connectivity index (χ0v) is 16.6. The topological polar surface area (TPSA) is 101 Å². The van der Waals surface area contributed by atoms with Gasteiger partial charge < -0.3 is 15.6 Å². The summed E-state index contributed by atoms with van der Waals surface area (Å²) in [6.07, 6.45) is 3.85. The highest BCUT2D eigenvalue weighted by atomic mass is 16.1. The molecule has 27 heavy (non-hydrogen) atoms. The Balaban J connectivity index is 1.75. The molecule has 0 amide bonds. The van der Waals surface area contributed by atoms with E-state index in [0.29, 0.717) is 5.95 Å². The molecule has 1 fully saturated rings. The van der Waals surface area contributed by atoms with Crippen LogP contribution in [0.3, 0.4) is 0 Å². The number of hydrogen-bond donors (Lipinski definition) is 2. The van der Waals surface area contributed by atoms with Crippen molar-refractivity contribution in [1.29, 1.82) is 0 Å². The van der Waals surface area contributed by atoms with Crippen LogP contribution >= 0.6 is 0 Å². The molecule has 1 unspecified atom stereocenters. The van der Waals surface area contributed by atoms with E-state index in [1.807, 2.05) is 13.0 Å². The van der Waals surface area contributed by atoms with Gasteiger partial charge in [0.2, 0.25) is 5.95 Å². The van der Waals surface area contributed by atoms with Gasteiger partial charge in [-0.25, -0.2) is 9.97 Å². The maximum atomic E-state index is 12.7. The Hall–Kier alpha value is -2.44. The lowest BCUT2D eigenvalue weighted by Crippen LogP contribution is -2.46. The van der Waals surface area contributed by atoms with Crippen molar-refractivity contribution < 1.29 is 0 Å². The molecule has 3 heterocycles. The standard InChI is InChI=1S/C20H28N6O/c1-12-10-14(23-18(21)22-12)26-9-5-7-20(11-26)8-6-13-15(20)24-17(19(2,3)4)25-16(13)27/h10H,5-9,11H2,1-4H3,(H2,21,22,23)(H,24,25,27). The zero-order valence-electron chi connectivity index (χ0n) is 16.6. The average Bonchev–Trinajstić information content (AvgIpc) is 2.92.